The van der Waals surface area contributed by atoms with Gasteiger partial charge < -0.3 is 10.6 Å². The highest BCUT2D eigenvalue weighted by Crippen LogP contribution is 2.10. The van der Waals surface area contributed by atoms with Crippen LogP contribution in [0.3, 0.4) is 0 Å². The van der Waals surface area contributed by atoms with E-state index in [9.17, 15) is 4.79 Å². The maximum Gasteiger partial charge on any atom is 0.308 e. The molecule has 68 valence electrons. The van der Waals surface area contributed by atoms with Crippen LogP contribution in [0.1, 0.15) is 12.5 Å². The van der Waals surface area contributed by atoms with E-state index >= 15 is 0 Å². The van der Waals surface area contributed by atoms with E-state index in [-0.39, 0.29) is 5.97 Å². The number of hydrogen-bond acceptors (Lipinski definition) is 4. The molecule has 0 heterocycles. The largest absolute Gasteiger partial charge is 0.427 e. The standard InChI is InChI=1S/C9H10N2O2/c1-7(12)13-9-4-2-8(3-5-9)6-11-10/h2-6H,10H2,1H3. The minimum atomic E-state index is -0.333. The molecule has 1 aromatic rings. The third-order valence-corrected chi connectivity index (χ3v) is 1.37. The van der Waals surface area contributed by atoms with Gasteiger partial charge in [-0.3, -0.25) is 4.79 Å². The maximum absolute atomic E-state index is 10.6. The van der Waals surface area contributed by atoms with Crippen LogP contribution >= 0.6 is 0 Å². The van der Waals surface area contributed by atoms with Crippen LogP contribution in [0.4, 0.5) is 0 Å². The highest BCUT2D eigenvalue weighted by Gasteiger charge is 1.96. The van der Waals surface area contributed by atoms with E-state index in [1.54, 1.807) is 24.3 Å². The van der Waals surface area contributed by atoms with E-state index in [4.69, 9.17) is 10.6 Å². The minimum absolute atomic E-state index is 0.333. The zero-order chi connectivity index (χ0) is 9.68. The Hall–Kier alpha value is -1.84. The van der Waals surface area contributed by atoms with Gasteiger partial charge in [0.05, 0.1) is 6.21 Å². The molecule has 2 N–H and O–H groups in total. The molecule has 1 rings (SSSR count). The van der Waals surface area contributed by atoms with Crippen LogP contribution in [-0.4, -0.2) is 12.2 Å². The molecule has 0 amide bonds. The molecule has 0 fully saturated rings. The number of carbonyl (C=O) groups is 1. The fraction of sp³-hybridized carbons (Fsp3) is 0.111. The van der Waals surface area contributed by atoms with E-state index in [2.05, 4.69) is 5.10 Å². The third-order valence-electron chi connectivity index (χ3n) is 1.37. The topological polar surface area (TPSA) is 64.7 Å². The van der Waals surface area contributed by atoms with Gasteiger partial charge in [0.15, 0.2) is 0 Å². The summed E-state index contributed by atoms with van der Waals surface area (Å²) in [6, 6.07) is 6.88. The molecule has 0 aromatic heterocycles. The predicted molar refractivity (Wildman–Crippen MR) is 49.5 cm³/mol. The van der Waals surface area contributed by atoms with Gasteiger partial charge in [-0.05, 0) is 29.8 Å². The Morgan fingerprint density at radius 1 is 1.46 bits per heavy atom. The van der Waals surface area contributed by atoms with Crippen molar-refractivity contribution in [3.8, 4) is 5.75 Å². The summed E-state index contributed by atoms with van der Waals surface area (Å²) < 4.78 is 4.83. The molecule has 0 aliphatic rings. The van der Waals surface area contributed by atoms with Crippen molar-refractivity contribution in [2.45, 2.75) is 6.92 Å². The summed E-state index contributed by atoms with van der Waals surface area (Å²) in [5, 5.41) is 3.36. The summed E-state index contributed by atoms with van der Waals surface area (Å²) in [7, 11) is 0. The van der Waals surface area contributed by atoms with Gasteiger partial charge >= 0.3 is 5.97 Å². The average Bonchev–Trinajstić information content (AvgIpc) is 2.08. The average molecular weight is 178 g/mol. The van der Waals surface area contributed by atoms with Crippen LogP contribution < -0.4 is 10.6 Å². The molecule has 0 unspecified atom stereocenters. The van der Waals surface area contributed by atoms with E-state index in [0.29, 0.717) is 5.75 Å². The lowest BCUT2D eigenvalue weighted by Crippen LogP contribution is -2.01. The Bertz CT molecular complexity index is 317. The zero-order valence-corrected chi connectivity index (χ0v) is 7.23. The van der Waals surface area contributed by atoms with Crippen LogP contribution in [0, 0.1) is 0 Å². The number of carbonyl (C=O) groups excluding carboxylic acids is 1. The Labute approximate surface area is 76.0 Å². The molecule has 4 heteroatoms. The molecular formula is C9H10N2O2. The second kappa shape index (κ2) is 4.25. The SMILES string of the molecule is CC(=O)Oc1ccc(C=NN)cc1. The van der Waals surface area contributed by atoms with E-state index in [1.165, 1.54) is 13.1 Å². The summed E-state index contributed by atoms with van der Waals surface area (Å²) >= 11 is 0. The molecule has 4 nitrogen and oxygen atoms in total. The Kier molecular flexibility index (Phi) is 3.03. The third kappa shape index (κ3) is 2.94. The van der Waals surface area contributed by atoms with Crippen molar-refractivity contribution in [3.63, 3.8) is 0 Å². The lowest BCUT2D eigenvalue weighted by atomic mass is 10.2. The van der Waals surface area contributed by atoms with Gasteiger partial charge in [-0.25, -0.2) is 0 Å². The maximum atomic E-state index is 10.6. The number of ether oxygens (including phenoxy) is 1. The first-order chi connectivity index (χ1) is 6.22. The first-order valence-corrected chi connectivity index (χ1v) is 3.74. The van der Waals surface area contributed by atoms with Gasteiger partial charge in [0.1, 0.15) is 5.75 Å². The van der Waals surface area contributed by atoms with Gasteiger partial charge in [0.2, 0.25) is 0 Å². The summed E-state index contributed by atoms with van der Waals surface area (Å²) in [6.07, 6.45) is 1.51. The van der Waals surface area contributed by atoms with Gasteiger partial charge in [0.25, 0.3) is 0 Å². The molecular weight excluding hydrogens is 168 g/mol. The van der Waals surface area contributed by atoms with Gasteiger partial charge in [-0.1, -0.05) is 0 Å². The Balaban J connectivity index is 2.75. The molecule has 0 saturated carbocycles. The zero-order valence-electron chi connectivity index (χ0n) is 7.23. The summed E-state index contributed by atoms with van der Waals surface area (Å²) in [4.78, 5) is 10.6. The summed E-state index contributed by atoms with van der Waals surface area (Å²) in [5.74, 6) is 5.15. The first-order valence-electron chi connectivity index (χ1n) is 3.74. The van der Waals surface area contributed by atoms with Crippen LogP contribution in [0.25, 0.3) is 0 Å². The van der Waals surface area contributed by atoms with Crippen molar-refractivity contribution in [1.82, 2.24) is 0 Å². The number of nitrogens with two attached hydrogens (primary N) is 1. The van der Waals surface area contributed by atoms with Crippen LogP contribution in [-0.2, 0) is 4.79 Å². The molecule has 13 heavy (non-hydrogen) atoms. The second-order valence-corrected chi connectivity index (χ2v) is 2.44. The van der Waals surface area contributed by atoms with Crippen LogP contribution in [0.15, 0.2) is 29.4 Å². The number of hydrogen-bond donors (Lipinski definition) is 1. The lowest BCUT2D eigenvalue weighted by molar-refractivity contribution is -0.131. The molecule has 0 bridgehead atoms. The lowest BCUT2D eigenvalue weighted by Gasteiger charge is -1.99. The summed E-state index contributed by atoms with van der Waals surface area (Å²) in [6.45, 7) is 1.36. The number of benzene rings is 1. The van der Waals surface area contributed by atoms with Crippen molar-refractivity contribution >= 4 is 12.2 Å². The summed E-state index contributed by atoms with van der Waals surface area (Å²) in [5.41, 5.74) is 0.860. The van der Waals surface area contributed by atoms with E-state index < -0.39 is 0 Å². The first kappa shape index (κ1) is 9.25. The molecule has 0 atom stereocenters. The molecule has 0 saturated heterocycles. The number of nitrogens with zero attached hydrogens (tertiary/aromatic N) is 1. The Morgan fingerprint density at radius 2 is 2.08 bits per heavy atom. The fourth-order valence-corrected chi connectivity index (χ4v) is 0.874. The van der Waals surface area contributed by atoms with Crippen LogP contribution in [0.5, 0.6) is 5.75 Å². The van der Waals surface area contributed by atoms with Crippen molar-refractivity contribution in [3.05, 3.63) is 29.8 Å². The number of rotatable bonds is 2. The molecule has 0 aliphatic carbocycles. The van der Waals surface area contributed by atoms with Crippen molar-refractivity contribution in [1.29, 1.82) is 0 Å². The molecule has 0 spiro atoms. The number of esters is 1. The molecule has 0 radical (unpaired) electrons. The smallest absolute Gasteiger partial charge is 0.308 e. The monoisotopic (exact) mass is 178 g/mol. The van der Waals surface area contributed by atoms with Crippen LogP contribution in [0.2, 0.25) is 0 Å². The minimum Gasteiger partial charge on any atom is -0.427 e. The molecule has 0 aliphatic heterocycles. The second-order valence-electron chi connectivity index (χ2n) is 2.44. The highest BCUT2D eigenvalue weighted by atomic mass is 16.5. The Morgan fingerprint density at radius 3 is 2.54 bits per heavy atom. The van der Waals surface area contributed by atoms with Gasteiger partial charge in [-0.2, -0.15) is 5.10 Å². The highest BCUT2D eigenvalue weighted by molar-refractivity contribution is 5.79. The van der Waals surface area contributed by atoms with E-state index in [0.717, 1.165) is 5.56 Å². The fourth-order valence-electron chi connectivity index (χ4n) is 0.874. The normalized spacial score (nSPS) is 10.2. The van der Waals surface area contributed by atoms with Gasteiger partial charge in [0, 0.05) is 6.92 Å². The van der Waals surface area contributed by atoms with Crippen molar-refractivity contribution in [2.75, 3.05) is 0 Å². The van der Waals surface area contributed by atoms with Gasteiger partial charge in [-0.15, -0.1) is 0 Å². The quantitative estimate of drug-likeness (QED) is 0.240. The van der Waals surface area contributed by atoms with Crippen molar-refractivity contribution < 1.29 is 9.53 Å². The predicted octanol–water partition coefficient (Wildman–Crippen LogP) is 0.905. The molecule has 1 aromatic carbocycles. The van der Waals surface area contributed by atoms with E-state index in [1.807, 2.05) is 0 Å². The van der Waals surface area contributed by atoms with Crippen molar-refractivity contribution in [2.24, 2.45) is 10.9 Å². The number of hydrazone groups is 1.